The van der Waals surface area contributed by atoms with Crippen molar-refractivity contribution < 1.29 is 37.0 Å². The van der Waals surface area contributed by atoms with Gasteiger partial charge in [-0.05, 0) is 30.5 Å². The van der Waals surface area contributed by atoms with Crippen molar-refractivity contribution in [3.8, 4) is 11.5 Å². The second-order valence-corrected chi connectivity index (χ2v) is 6.68. The molecule has 1 aromatic rings. The Morgan fingerprint density at radius 1 is 1.11 bits per heavy atom. The Balaban J connectivity index is 1.71. The predicted molar refractivity (Wildman–Crippen MR) is 87.4 cm³/mol. The van der Waals surface area contributed by atoms with Gasteiger partial charge in [0, 0.05) is 0 Å². The Morgan fingerprint density at radius 3 is 2.52 bits per heavy atom. The minimum absolute atomic E-state index is 0.107. The Bertz CT molecular complexity index is 713. The maximum atomic E-state index is 12.8. The summed E-state index contributed by atoms with van der Waals surface area (Å²) in [7, 11) is 0. The molecule has 0 radical (unpaired) electrons. The zero-order chi connectivity index (χ0) is 19.5. The van der Waals surface area contributed by atoms with Crippen molar-refractivity contribution in [3.05, 3.63) is 23.8 Å². The number of carbonyl (C=O) groups excluding carboxylic acids is 2. The summed E-state index contributed by atoms with van der Waals surface area (Å²) >= 11 is 0. The Kier molecular flexibility index (Phi) is 5.48. The number of ether oxygens (including phenoxy) is 3. The number of hydrogen-bond acceptors (Lipinski definition) is 5. The van der Waals surface area contributed by atoms with Crippen molar-refractivity contribution in [3.63, 3.8) is 0 Å². The minimum Gasteiger partial charge on any atom is -0.455 e. The summed E-state index contributed by atoms with van der Waals surface area (Å²) < 4.78 is 52.2. The molecular formula is C18H20F3NO5. The molecule has 0 spiro atoms. The van der Waals surface area contributed by atoms with Crippen LogP contribution in [0.3, 0.4) is 0 Å². The molecule has 9 heteroatoms. The van der Waals surface area contributed by atoms with E-state index in [0.29, 0.717) is 29.9 Å². The van der Waals surface area contributed by atoms with E-state index in [4.69, 9.17) is 14.2 Å². The molecule has 1 N–H and O–H groups in total. The molecule has 0 saturated heterocycles. The first-order valence-corrected chi connectivity index (χ1v) is 8.71. The van der Waals surface area contributed by atoms with Gasteiger partial charge in [0.1, 0.15) is 6.54 Å². The van der Waals surface area contributed by atoms with E-state index >= 15 is 0 Å². The number of benzene rings is 1. The number of carbonyl (C=O) groups is 2. The number of amides is 1. The zero-order valence-electron chi connectivity index (χ0n) is 14.6. The lowest BCUT2D eigenvalue weighted by molar-refractivity contribution is -0.157. The van der Waals surface area contributed by atoms with Gasteiger partial charge < -0.3 is 19.5 Å². The first-order chi connectivity index (χ1) is 12.8. The van der Waals surface area contributed by atoms with Gasteiger partial charge in [-0.3, -0.25) is 9.59 Å². The molecular weight excluding hydrogens is 367 g/mol. The first-order valence-electron chi connectivity index (χ1n) is 8.71. The van der Waals surface area contributed by atoms with Crippen molar-refractivity contribution in [2.45, 2.75) is 43.7 Å². The summed E-state index contributed by atoms with van der Waals surface area (Å²) in [6, 6.07) is 5.22. The Labute approximate surface area is 154 Å². The van der Waals surface area contributed by atoms with E-state index in [2.05, 4.69) is 0 Å². The number of rotatable bonds is 5. The molecule has 2 aliphatic rings. The van der Waals surface area contributed by atoms with E-state index in [1.165, 1.54) is 0 Å². The lowest BCUT2D eigenvalue weighted by Gasteiger charge is -2.35. The summed E-state index contributed by atoms with van der Waals surface area (Å²) in [5.74, 6) is -0.474. The fourth-order valence-corrected chi connectivity index (χ4v) is 3.48. The molecule has 1 aliphatic carbocycles. The summed E-state index contributed by atoms with van der Waals surface area (Å²) in [5.41, 5.74) is -0.240. The molecule has 1 aliphatic heterocycles. The van der Waals surface area contributed by atoms with E-state index < -0.39 is 36.6 Å². The summed E-state index contributed by atoms with van der Waals surface area (Å²) in [5, 5.41) is 1.69. The fourth-order valence-electron chi connectivity index (χ4n) is 3.48. The van der Waals surface area contributed by atoms with E-state index in [1.54, 1.807) is 23.5 Å². The number of halogens is 3. The summed E-state index contributed by atoms with van der Waals surface area (Å²) in [6.07, 6.45) is -0.846. The normalized spacial score (nSPS) is 18.0. The zero-order valence-corrected chi connectivity index (χ0v) is 14.6. The number of nitrogens with one attached hydrogen (secondary N) is 1. The Hall–Kier alpha value is -2.45. The Morgan fingerprint density at radius 2 is 1.81 bits per heavy atom. The van der Waals surface area contributed by atoms with Crippen molar-refractivity contribution in [2.24, 2.45) is 0 Å². The number of hydrogen-bond donors (Lipinski definition) is 1. The van der Waals surface area contributed by atoms with Gasteiger partial charge >= 0.3 is 12.1 Å². The predicted octanol–water partition coefficient (Wildman–Crippen LogP) is 2.84. The topological polar surface area (TPSA) is 73.9 Å². The van der Waals surface area contributed by atoms with Gasteiger partial charge in [0.05, 0.1) is 5.41 Å². The van der Waals surface area contributed by atoms with Crippen molar-refractivity contribution in [2.75, 3.05) is 19.9 Å². The molecule has 1 saturated carbocycles. The summed E-state index contributed by atoms with van der Waals surface area (Å²) in [4.78, 5) is 24.4. The standard InChI is InChI=1S/C18H20F3NO5/c19-18(20,21)10-22-15(23)9-25-16(24)17(6-2-1-3-7-17)12-4-5-13-14(8-12)27-11-26-13/h4-5,8H,1-3,6-7,9-11H2,(H,22,23). The number of fused-ring (bicyclic) bond motifs is 1. The average molecular weight is 387 g/mol. The van der Waals surface area contributed by atoms with Crippen LogP contribution in [-0.2, 0) is 19.7 Å². The third kappa shape index (κ3) is 4.45. The van der Waals surface area contributed by atoms with Crippen molar-refractivity contribution >= 4 is 11.9 Å². The molecule has 0 bridgehead atoms. The first kappa shape index (κ1) is 19.3. The van der Waals surface area contributed by atoms with E-state index in [1.807, 2.05) is 0 Å². The molecule has 0 aromatic heterocycles. The monoisotopic (exact) mass is 387 g/mol. The number of alkyl halides is 3. The van der Waals surface area contributed by atoms with Gasteiger partial charge in [-0.1, -0.05) is 25.3 Å². The smallest absolute Gasteiger partial charge is 0.405 e. The van der Waals surface area contributed by atoms with Crippen LogP contribution in [-0.4, -0.2) is 38.0 Å². The van der Waals surface area contributed by atoms with Crippen LogP contribution in [0.25, 0.3) is 0 Å². The number of esters is 1. The van der Waals surface area contributed by atoms with Crippen LogP contribution in [0.4, 0.5) is 13.2 Å². The molecule has 1 fully saturated rings. The quantitative estimate of drug-likeness (QED) is 0.787. The molecule has 0 atom stereocenters. The van der Waals surface area contributed by atoms with Crippen LogP contribution in [0.15, 0.2) is 18.2 Å². The van der Waals surface area contributed by atoms with Gasteiger partial charge in [0.25, 0.3) is 5.91 Å². The van der Waals surface area contributed by atoms with Gasteiger partial charge in [-0.25, -0.2) is 0 Å². The van der Waals surface area contributed by atoms with E-state index in [-0.39, 0.29) is 6.79 Å². The second kappa shape index (κ2) is 7.66. The largest absolute Gasteiger partial charge is 0.455 e. The molecule has 3 rings (SSSR count). The highest BCUT2D eigenvalue weighted by Crippen LogP contribution is 2.44. The molecule has 148 valence electrons. The van der Waals surface area contributed by atoms with Gasteiger partial charge in [0.2, 0.25) is 6.79 Å². The van der Waals surface area contributed by atoms with Crippen LogP contribution in [0.2, 0.25) is 0 Å². The van der Waals surface area contributed by atoms with Crippen LogP contribution in [0, 0.1) is 0 Å². The molecule has 1 aromatic carbocycles. The minimum atomic E-state index is -4.52. The van der Waals surface area contributed by atoms with Gasteiger partial charge in [-0.2, -0.15) is 13.2 Å². The third-order valence-corrected chi connectivity index (χ3v) is 4.84. The lowest BCUT2D eigenvalue weighted by atomic mass is 9.69. The molecule has 0 unspecified atom stereocenters. The van der Waals surface area contributed by atoms with Crippen molar-refractivity contribution in [1.82, 2.24) is 5.32 Å². The fraction of sp³-hybridized carbons (Fsp3) is 0.556. The lowest BCUT2D eigenvalue weighted by Crippen LogP contribution is -2.42. The maximum absolute atomic E-state index is 12.8. The molecule has 6 nitrogen and oxygen atoms in total. The highest BCUT2D eigenvalue weighted by Gasteiger charge is 2.43. The molecule has 27 heavy (non-hydrogen) atoms. The summed E-state index contributed by atoms with van der Waals surface area (Å²) in [6.45, 7) is -2.10. The second-order valence-electron chi connectivity index (χ2n) is 6.68. The van der Waals surface area contributed by atoms with Gasteiger partial charge in [0.15, 0.2) is 18.1 Å². The van der Waals surface area contributed by atoms with E-state index in [0.717, 1.165) is 19.3 Å². The molecule has 1 heterocycles. The third-order valence-electron chi connectivity index (χ3n) is 4.84. The molecule has 1 amide bonds. The maximum Gasteiger partial charge on any atom is 0.405 e. The van der Waals surface area contributed by atoms with Crippen LogP contribution >= 0.6 is 0 Å². The van der Waals surface area contributed by atoms with Crippen molar-refractivity contribution in [1.29, 1.82) is 0 Å². The van der Waals surface area contributed by atoms with Crippen LogP contribution < -0.4 is 14.8 Å². The SMILES string of the molecule is O=C(COC(=O)C1(c2ccc3c(c2)OCO3)CCCCC1)NCC(F)(F)F. The van der Waals surface area contributed by atoms with Crippen LogP contribution in [0.5, 0.6) is 11.5 Å². The van der Waals surface area contributed by atoms with E-state index in [9.17, 15) is 22.8 Å². The van der Waals surface area contributed by atoms with Crippen LogP contribution in [0.1, 0.15) is 37.7 Å². The average Bonchev–Trinajstić information content (AvgIpc) is 3.12. The van der Waals surface area contributed by atoms with Gasteiger partial charge in [-0.15, -0.1) is 0 Å². The highest BCUT2D eigenvalue weighted by atomic mass is 19.4. The highest BCUT2D eigenvalue weighted by molar-refractivity contribution is 5.86.